The van der Waals surface area contributed by atoms with Crippen LogP contribution in [0.25, 0.3) is 0 Å². The molecule has 0 aromatic heterocycles. The number of benzene rings is 1. The topological polar surface area (TPSA) is 18.5 Å². The van der Waals surface area contributed by atoms with Gasteiger partial charge in [-0.3, -0.25) is 6.38 Å². The third-order valence-corrected chi connectivity index (χ3v) is 9.13. The second-order valence-electron chi connectivity index (χ2n) is 7.03. The minimum absolute atomic E-state index is 0. The van der Waals surface area contributed by atoms with E-state index in [0.717, 1.165) is 22.8 Å². The third kappa shape index (κ3) is 6.38. The van der Waals surface area contributed by atoms with Gasteiger partial charge in [0.2, 0.25) is 0 Å². The standard InChI is InChI=1S/C20H31O2P.CH2Cl.Pd/c1-21-16-13-14-20(19(15-16)22-2)23(17-9-5-3-6-10-17)18-11-7-4-8-12-18;1-2;/h13-15,17-18H,3-12H2,1-2H3;1H2;/q;-1;. The Bertz CT molecular complexity index is 485. The maximum absolute atomic E-state index is 5.79. The molecule has 2 saturated carbocycles. The summed E-state index contributed by atoms with van der Waals surface area (Å²) in [6.07, 6.45) is 17.0. The van der Waals surface area contributed by atoms with Crippen LogP contribution in [0, 0.1) is 6.38 Å². The van der Waals surface area contributed by atoms with Gasteiger partial charge in [-0.1, -0.05) is 46.4 Å². The summed E-state index contributed by atoms with van der Waals surface area (Å²) in [6.45, 7) is 0. The molecule has 1 aromatic rings. The summed E-state index contributed by atoms with van der Waals surface area (Å²) < 4.78 is 11.2. The first kappa shape index (κ1) is 24.2. The maximum Gasteiger partial charge on any atom is 0.130 e. The van der Waals surface area contributed by atoms with E-state index >= 15 is 0 Å². The first-order valence-electron chi connectivity index (χ1n) is 9.60. The molecule has 0 aliphatic heterocycles. The van der Waals surface area contributed by atoms with Crippen LogP contribution in [0.4, 0.5) is 0 Å². The molecule has 2 nitrogen and oxygen atoms in total. The molecule has 0 bridgehead atoms. The molecule has 5 heteroatoms. The Morgan fingerprint density at radius 2 is 1.35 bits per heavy atom. The van der Waals surface area contributed by atoms with Crippen molar-refractivity contribution in [2.24, 2.45) is 0 Å². The molecule has 0 radical (unpaired) electrons. The average molecular weight is 490 g/mol. The molecule has 3 rings (SSSR count). The van der Waals surface area contributed by atoms with Gasteiger partial charge in [-0.2, -0.15) is 0 Å². The number of halogens is 1. The Morgan fingerprint density at radius 1 is 0.846 bits per heavy atom. The molecule has 2 aliphatic carbocycles. The van der Waals surface area contributed by atoms with Crippen LogP contribution >= 0.6 is 19.5 Å². The normalized spacial score (nSPS) is 18.5. The number of rotatable bonds is 5. The quantitative estimate of drug-likeness (QED) is 0.267. The molecular formula is C21H33ClO2PPd-. The van der Waals surface area contributed by atoms with E-state index in [-0.39, 0.29) is 28.3 Å². The van der Waals surface area contributed by atoms with Gasteiger partial charge in [-0.15, -0.1) is 0 Å². The maximum atomic E-state index is 5.79. The zero-order valence-corrected chi connectivity index (χ0v) is 19.3. The SMILES string of the molecule is COc1ccc(P(C2CCCCC2)C2CCCCC2)c(OC)c1.[CH2-]Cl.[Pd]. The molecule has 2 fully saturated rings. The Morgan fingerprint density at radius 3 is 1.77 bits per heavy atom. The predicted octanol–water partition coefficient (Wildman–Crippen LogP) is 6.49. The summed E-state index contributed by atoms with van der Waals surface area (Å²) in [7, 11) is 3.43. The van der Waals surface area contributed by atoms with Crippen molar-refractivity contribution in [2.75, 3.05) is 14.2 Å². The first-order chi connectivity index (χ1) is 12.3. The van der Waals surface area contributed by atoms with E-state index < -0.39 is 0 Å². The molecule has 1 aromatic carbocycles. The van der Waals surface area contributed by atoms with E-state index in [2.05, 4.69) is 36.2 Å². The van der Waals surface area contributed by atoms with E-state index in [1.54, 1.807) is 7.11 Å². The van der Waals surface area contributed by atoms with Gasteiger partial charge >= 0.3 is 0 Å². The second kappa shape index (κ2) is 13.4. The molecule has 26 heavy (non-hydrogen) atoms. The minimum atomic E-state index is -0.117. The first-order valence-corrected chi connectivity index (χ1v) is 11.6. The molecule has 0 unspecified atom stereocenters. The predicted molar refractivity (Wildman–Crippen MR) is 111 cm³/mol. The molecule has 2 aliphatic rings. The van der Waals surface area contributed by atoms with Crippen LogP contribution in [0.15, 0.2) is 18.2 Å². The van der Waals surface area contributed by atoms with Crippen molar-refractivity contribution >= 4 is 24.8 Å². The fourth-order valence-electron chi connectivity index (χ4n) is 4.41. The summed E-state index contributed by atoms with van der Waals surface area (Å²) in [5.74, 6) is 1.97. The molecule has 0 amide bonds. The molecule has 0 saturated heterocycles. The summed E-state index contributed by atoms with van der Waals surface area (Å²) >= 11 is 4.39. The van der Waals surface area contributed by atoms with E-state index in [4.69, 9.17) is 9.47 Å². The Balaban J connectivity index is 0.00000109. The van der Waals surface area contributed by atoms with Crippen LogP contribution in [0.3, 0.4) is 0 Å². The van der Waals surface area contributed by atoms with Gasteiger partial charge in [0.1, 0.15) is 11.5 Å². The van der Waals surface area contributed by atoms with Crippen LogP contribution in [-0.2, 0) is 20.4 Å². The van der Waals surface area contributed by atoms with Gasteiger partial charge in [0.25, 0.3) is 0 Å². The number of ether oxygens (including phenoxy) is 2. The largest absolute Gasteiger partial charge is 0.497 e. The minimum Gasteiger partial charge on any atom is -0.497 e. The molecular weight excluding hydrogens is 457 g/mol. The van der Waals surface area contributed by atoms with Gasteiger partial charge < -0.3 is 21.1 Å². The fourth-order valence-corrected chi connectivity index (χ4v) is 8.29. The van der Waals surface area contributed by atoms with Crippen molar-refractivity contribution in [3.05, 3.63) is 24.6 Å². The van der Waals surface area contributed by atoms with Crippen LogP contribution in [0.1, 0.15) is 64.2 Å². The van der Waals surface area contributed by atoms with Gasteiger partial charge in [-0.05, 0) is 49.1 Å². The zero-order valence-electron chi connectivity index (χ0n) is 16.1. The third-order valence-electron chi connectivity index (χ3n) is 5.60. The van der Waals surface area contributed by atoms with E-state index in [1.807, 2.05) is 7.11 Å². The Hall–Kier alpha value is 0.202. The Kier molecular flexibility index (Phi) is 12.5. The second-order valence-corrected chi connectivity index (χ2v) is 9.79. The van der Waals surface area contributed by atoms with Gasteiger partial charge in [0, 0.05) is 31.8 Å². The summed E-state index contributed by atoms with van der Waals surface area (Å²) in [5, 5.41) is 1.50. The zero-order chi connectivity index (χ0) is 18.1. The van der Waals surface area contributed by atoms with Gasteiger partial charge in [0.15, 0.2) is 0 Å². The van der Waals surface area contributed by atoms with Crippen LogP contribution in [0.2, 0.25) is 0 Å². The number of methoxy groups -OCH3 is 2. The monoisotopic (exact) mass is 489 g/mol. The van der Waals surface area contributed by atoms with E-state index in [1.165, 1.54) is 69.5 Å². The molecule has 152 valence electrons. The van der Waals surface area contributed by atoms with Crippen molar-refractivity contribution in [3.63, 3.8) is 0 Å². The summed E-state index contributed by atoms with van der Waals surface area (Å²) in [4.78, 5) is 0. The summed E-state index contributed by atoms with van der Waals surface area (Å²) in [6, 6.07) is 6.54. The molecule has 0 spiro atoms. The van der Waals surface area contributed by atoms with Crippen molar-refractivity contribution in [2.45, 2.75) is 75.5 Å². The smallest absolute Gasteiger partial charge is 0.130 e. The van der Waals surface area contributed by atoms with Crippen molar-refractivity contribution in [3.8, 4) is 11.5 Å². The summed E-state index contributed by atoms with van der Waals surface area (Å²) in [5.41, 5.74) is 1.81. The molecule has 0 heterocycles. The van der Waals surface area contributed by atoms with Crippen LogP contribution in [0.5, 0.6) is 11.5 Å². The van der Waals surface area contributed by atoms with Gasteiger partial charge in [0.05, 0.1) is 14.2 Å². The van der Waals surface area contributed by atoms with Gasteiger partial charge in [-0.25, -0.2) is 0 Å². The van der Waals surface area contributed by atoms with E-state index in [0.29, 0.717) is 0 Å². The fraction of sp³-hybridized carbons (Fsp3) is 0.667. The number of hydrogen-bond donors (Lipinski definition) is 0. The Labute approximate surface area is 180 Å². The molecule has 0 atom stereocenters. The van der Waals surface area contributed by atoms with E-state index in [9.17, 15) is 0 Å². The van der Waals surface area contributed by atoms with Crippen molar-refractivity contribution in [1.82, 2.24) is 0 Å². The average Bonchev–Trinajstić information content (AvgIpc) is 2.71. The van der Waals surface area contributed by atoms with Crippen LogP contribution in [-0.4, -0.2) is 25.5 Å². The van der Waals surface area contributed by atoms with Crippen LogP contribution < -0.4 is 14.8 Å². The van der Waals surface area contributed by atoms with Crippen molar-refractivity contribution < 1.29 is 29.9 Å². The van der Waals surface area contributed by atoms with Crippen molar-refractivity contribution in [1.29, 1.82) is 0 Å². The number of hydrogen-bond acceptors (Lipinski definition) is 2. The molecule has 0 N–H and O–H groups in total.